The van der Waals surface area contributed by atoms with Gasteiger partial charge in [0.1, 0.15) is 5.82 Å². The van der Waals surface area contributed by atoms with Crippen molar-refractivity contribution in [2.45, 2.75) is 32.2 Å². The molecule has 0 saturated carbocycles. The van der Waals surface area contributed by atoms with Crippen LogP contribution in [0.15, 0.2) is 12.5 Å². The summed E-state index contributed by atoms with van der Waals surface area (Å²) in [6.07, 6.45) is 4.08. The molecule has 2 rings (SSSR count). The lowest BCUT2D eigenvalue weighted by Gasteiger charge is -2.05. The van der Waals surface area contributed by atoms with Gasteiger partial charge in [0.05, 0.1) is 12.4 Å². The molecular formula is C10H16N6. The largest absolute Gasteiger partial charge is 0.348 e. The van der Waals surface area contributed by atoms with Gasteiger partial charge in [0, 0.05) is 24.2 Å². The third-order valence-electron chi connectivity index (χ3n) is 2.38. The van der Waals surface area contributed by atoms with Gasteiger partial charge in [-0.05, 0) is 0 Å². The summed E-state index contributed by atoms with van der Waals surface area (Å²) in [4.78, 5) is 11.3. The molecular weight excluding hydrogens is 204 g/mol. The molecule has 1 atom stereocenters. The van der Waals surface area contributed by atoms with Gasteiger partial charge < -0.3 is 10.7 Å². The Morgan fingerprint density at radius 2 is 2.25 bits per heavy atom. The topological polar surface area (TPSA) is 96.3 Å². The fraction of sp³-hybridized carbons (Fsp3) is 0.500. The maximum atomic E-state index is 6.02. The Labute approximate surface area is 93.7 Å². The van der Waals surface area contributed by atoms with Crippen molar-refractivity contribution in [3.63, 3.8) is 0 Å². The average molecular weight is 220 g/mol. The molecule has 0 aliphatic heterocycles. The van der Waals surface area contributed by atoms with Gasteiger partial charge in [-0.3, -0.25) is 5.10 Å². The number of nitrogens with two attached hydrogens (primary N) is 1. The summed E-state index contributed by atoms with van der Waals surface area (Å²) in [5.41, 5.74) is 7.01. The molecule has 0 amide bonds. The van der Waals surface area contributed by atoms with Crippen LogP contribution in [0, 0.1) is 0 Å². The highest BCUT2D eigenvalue weighted by Crippen LogP contribution is 2.13. The third-order valence-corrected chi connectivity index (χ3v) is 2.38. The Morgan fingerprint density at radius 3 is 2.81 bits per heavy atom. The van der Waals surface area contributed by atoms with Crippen molar-refractivity contribution < 1.29 is 0 Å². The van der Waals surface area contributed by atoms with Crippen molar-refractivity contribution in [3.8, 4) is 0 Å². The van der Waals surface area contributed by atoms with Gasteiger partial charge in [-0.2, -0.15) is 5.10 Å². The van der Waals surface area contributed by atoms with Crippen LogP contribution in [0.2, 0.25) is 0 Å². The number of nitrogens with zero attached hydrogens (tertiary/aromatic N) is 3. The van der Waals surface area contributed by atoms with Crippen LogP contribution in [0.25, 0.3) is 0 Å². The van der Waals surface area contributed by atoms with Gasteiger partial charge in [0.2, 0.25) is 0 Å². The van der Waals surface area contributed by atoms with Crippen molar-refractivity contribution in [2.75, 3.05) is 0 Å². The summed E-state index contributed by atoms with van der Waals surface area (Å²) in [5.74, 6) is 1.83. The van der Waals surface area contributed by atoms with E-state index >= 15 is 0 Å². The molecule has 2 aromatic rings. The first kappa shape index (κ1) is 10.8. The molecule has 4 N–H and O–H groups in total. The fourth-order valence-corrected chi connectivity index (χ4v) is 1.44. The lowest BCUT2D eigenvalue weighted by atomic mass is 10.1. The minimum Gasteiger partial charge on any atom is -0.348 e. The molecule has 0 aliphatic rings. The van der Waals surface area contributed by atoms with Gasteiger partial charge in [-0.15, -0.1) is 0 Å². The van der Waals surface area contributed by atoms with Crippen molar-refractivity contribution in [1.29, 1.82) is 0 Å². The van der Waals surface area contributed by atoms with Crippen LogP contribution in [0.4, 0.5) is 0 Å². The van der Waals surface area contributed by atoms with Crippen molar-refractivity contribution in [3.05, 3.63) is 29.9 Å². The molecule has 0 fully saturated rings. The molecule has 16 heavy (non-hydrogen) atoms. The number of nitrogens with one attached hydrogen (secondary N) is 2. The zero-order chi connectivity index (χ0) is 11.5. The lowest BCUT2D eigenvalue weighted by Crippen LogP contribution is -2.15. The first-order valence-electron chi connectivity index (χ1n) is 5.32. The van der Waals surface area contributed by atoms with Crippen molar-refractivity contribution in [1.82, 2.24) is 25.1 Å². The van der Waals surface area contributed by atoms with Crippen LogP contribution in [-0.2, 0) is 6.42 Å². The third kappa shape index (κ3) is 2.27. The first-order chi connectivity index (χ1) is 7.66. The molecule has 2 heterocycles. The molecule has 0 aliphatic carbocycles. The Bertz CT molecular complexity index is 430. The number of imidazole rings is 1. The molecule has 0 saturated heterocycles. The van der Waals surface area contributed by atoms with Gasteiger partial charge in [-0.25, -0.2) is 9.97 Å². The van der Waals surface area contributed by atoms with E-state index in [9.17, 15) is 0 Å². The highest BCUT2D eigenvalue weighted by atomic mass is 15.2. The van der Waals surface area contributed by atoms with Crippen LogP contribution < -0.4 is 5.73 Å². The van der Waals surface area contributed by atoms with Crippen LogP contribution >= 0.6 is 0 Å². The van der Waals surface area contributed by atoms with Gasteiger partial charge in [0.15, 0.2) is 5.82 Å². The maximum Gasteiger partial charge on any atom is 0.153 e. The smallest absolute Gasteiger partial charge is 0.153 e. The van der Waals surface area contributed by atoms with E-state index in [-0.39, 0.29) is 6.04 Å². The first-order valence-corrected chi connectivity index (χ1v) is 5.32. The minimum atomic E-state index is -0.180. The molecule has 0 radical (unpaired) electrons. The highest BCUT2D eigenvalue weighted by Gasteiger charge is 2.14. The predicted octanol–water partition coefficient (Wildman–Crippen LogP) is 0.894. The van der Waals surface area contributed by atoms with E-state index in [1.54, 1.807) is 12.5 Å². The second-order valence-corrected chi connectivity index (χ2v) is 4.12. The molecule has 0 bridgehead atoms. The van der Waals surface area contributed by atoms with Crippen LogP contribution in [0.5, 0.6) is 0 Å². The summed E-state index contributed by atoms with van der Waals surface area (Å²) in [5, 5.41) is 7.00. The number of aromatic nitrogens is 5. The standard InChI is InChI=1S/C10H16N6/c1-6(2)9-14-10(16-15-9)8(11)3-7-4-12-5-13-7/h4-6,8H,3,11H2,1-2H3,(H,12,13)(H,14,15,16)/t8-/m1/s1. The van der Waals surface area contributed by atoms with E-state index < -0.39 is 0 Å². The van der Waals surface area contributed by atoms with E-state index in [0.717, 1.165) is 17.3 Å². The van der Waals surface area contributed by atoms with Crippen molar-refractivity contribution >= 4 is 0 Å². The van der Waals surface area contributed by atoms with E-state index in [1.807, 2.05) is 13.8 Å². The van der Waals surface area contributed by atoms with Gasteiger partial charge >= 0.3 is 0 Å². The molecule has 0 aromatic carbocycles. The Morgan fingerprint density at radius 1 is 1.44 bits per heavy atom. The molecule has 2 aromatic heterocycles. The zero-order valence-electron chi connectivity index (χ0n) is 9.44. The quantitative estimate of drug-likeness (QED) is 0.713. The highest BCUT2D eigenvalue weighted by molar-refractivity contribution is 5.05. The van der Waals surface area contributed by atoms with Gasteiger partial charge in [-0.1, -0.05) is 13.8 Å². The van der Waals surface area contributed by atoms with Gasteiger partial charge in [0.25, 0.3) is 0 Å². The summed E-state index contributed by atoms with van der Waals surface area (Å²) < 4.78 is 0. The van der Waals surface area contributed by atoms with Crippen LogP contribution in [-0.4, -0.2) is 25.1 Å². The van der Waals surface area contributed by atoms with Crippen molar-refractivity contribution in [2.24, 2.45) is 5.73 Å². The summed E-state index contributed by atoms with van der Waals surface area (Å²) in [7, 11) is 0. The minimum absolute atomic E-state index is 0.180. The predicted molar refractivity (Wildman–Crippen MR) is 59.7 cm³/mol. The SMILES string of the molecule is CC(C)c1n[nH]c([C@H](N)Cc2cnc[nH]2)n1. The number of hydrogen-bond donors (Lipinski definition) is 3. The van der Waals surface area contributed by atoms with Crippen LogP contribution in [0.3, 0.4) is 0 Å². The van der Waals surface area contributed by atoms with E-state index in [4.69, 9.17) is 5.73 Å². The lowest BCUT2D eigenvalue weighted by molar-refractivity contribution is 0.660. The molecule has 86 valence electrons. The molecule has 0 unspecified atom stereocenters. The van der Waals surface area contributed by atoms with E-state index in [0.29, 0.717) is 12.3 Å². The Kier molecular flexibility index (Phi) is 3.00. The van der Waals surface area contributed by atoms with E-state index in [1.165, 1.54) is 0 Å². The Balaban J connectivity index is 2.06. The summed E-state index contributed by atoms with van der Waals surface area (Å²) in [6, 6.07) is -0.180. The number of rotatable bonds is 4. The number of aromatic amines is 2. The number of hydrogen-bond acceptors (Lipinski definition) is 4. The molecule has 6 nitrogen and oxygen atoms in total. The van der Waals surface area contributed by atoms with Crippen LogP contribution in [0.1, 0.15) is 43.1 Å². The zero-order valence-corrected chi connectivity index (χ0v) is 9.44. The summed E-state index contributed by atoms with van der Waals surface area (Å²) in [6.45, 7) is 4.10. The fourth-order valence-electron chi connectivity index (χ4n) is 1.44. The summed E-state index contributed by atoms with van der Waals surface area (Å²) >= 11 is 0. The molecule has 6 heteroatoms. The second-order valence-electron chi connectivity index (χ2n) is 4.12. The monoisotopic (exact) mass is 220 g/mol. The maximum absolute atomic E-state index is 6.02. The average Bonchev–Trinajstić information content (AvgIpc) is 2.86. The van der Waals surface area contributed by atoms with E-state index in [2.05, 4.69) is 25.1 Å². The second kappa shape index (κ2) is 4.44. The Hall–Kier alpha value is -1.69. The normalized spacial score (nSPS) is 13.2. The number of H-pyrrole nitrogens is 2. The molecule has 0 spiro atoms.